The number of carbonyl (C=O) groups excluding carboxylic acids is 7. The van der Waals surface area contributed by atoms with Gasteiger partial charge in [-0.3, -0.25) is 43.7 Å². The molecule has 8 atom stereocenters. The van der Waals surface area contributed by atoms with Crippen molar-refractivity contribution in [2.45, 2.75) is 160 Å². The molecule has 2 aliphatic rings. The van der Waals surface area contributed by atoms with Gasteiger partial charge in [0.2, 0.25) is 23.6 Å². The summed E-state index contributed by atoms with van der Waals surface area (Å²) in [5.74, 6) is -4.36. The van der Waals surface area contributed by atoms with Crippen molar-refractivity contribution in [3.05, 3.63) is 141 Å². The SMILES string of the molecule is CC(=O)N[C@H]1[C@H](OCc2ccccc2)O[C@H](COC(=O)CCCCCCCCCCNc2ccc([N+](=O)[O-])c3c2C(=O)c2ccccc2C3)[C@@H](O)[C@@H]1OC(C)C(=O)N[C@@H](C)C(=O)N[C@H](CCC(=O)OCc1ccccc1)C(N)=O. The normalized spacial score (nSPS) is 18.6. The minimum absolute atomic E-state index is 0.0169. The second-order valence-corrected chi connectivity index (χ2v) is 19.8. The number of amides is 4. The summed E-state index contributed by atoms with van der Waals surface area (Å²) in [7, 11) is 0. The lowest BCUT2D eigenvalue weighted by molar-refractivity contribution is -0.385. The number of hydrogen-bond acceptors (Lipinski definition) is 16. The molecular formula is C58H72N6O15. The Hall–Kier alpha value is -7.59. The van der Waals surface area contributed by atoms with E-state index < -0.39 is 95.9 Å². The molecule has 4 aromatic carbocycles. The number of nitrogens with two attached hydrogens (primary N) is 1. The van der Waals surface area contributed by atoms with E-state index in [1.165, 1.54) is 26.8 Å². The predicted molar refractivity (Wildman–Crippen MR) is 289 cm³/mol. The van der Waals surface area contributed by atoms with Crippen molar-refractivity contribution in [1.29, 1.82) is 0 Å². The number of primary amides is 1. The molecule has 1 aliphatic heterocycles. The molecule has 21 heteroatoms. The van der Waals surface area contributed by atoms with Gasteiger partial charge in [0.15, 0.2) is 12.1 Å². The van der Waals surface area contributed by atoms with Crippen LogP contribution in [0.15, 0.2) is 97.1 Å². The minimum atomic E-state index is -1.57. The Kier molecular flexibility index (Phi) is 23.4. The summed E-state index contributed by atoms with van der Waals surface area (Å²) in [5.41, 5.74) is 9.75. The molecule has 424 valence electrons. The predicted octanol–water partition coefficient (Wildman–Crippen LogP) is 5.78. The molecule has 1 unspecified atom stereocenters. The van der Waals surface area contributed by atoms with Crippen molar-refractivity contribution < 1.29 is 67.3 Å². The number of esters is 2. The highest BCUT2D eigenvalue weighted by Gasteiger charge is 2.49. The lowest BCUT2D eigenvalue weighted by Crippen LogP contribution is -2.66. The summed E-state index contributed by atoms with van der Waals surface area (Å²) in [4.78, 5) is 102. The van der Waals surface area contributed by atoms with Crippen LogP contribution in [0.4, 0.5) is 11.4 Å². The van der Waals surface area contributed by atoms with E-state index >= 15 is 0 Å². The van der Waals surface area contributed by atoms with Gasteiger partial charge in [-0.15, -0.1) is 0 Å². The van der Waals surface area contributed by atoms with E-state index in [2.05, 4.69) is 21.3 Å². The van der Waals surface area contributed by atoms with Gasteiger partial charge in [0.1, 0.15) is 55.8 Å². The number of nitrogens with one attached hydrogen (secondary N) is 4. The van der Waals surface area contributed by atoms with E-state index in [1.807, 2.05) is 48.5 Å². The summed E-state index contributed by atoms with van der Waals surface area (Å²) in [6, 6.07) is 24.7. The first-order chi connectivity index (χ1) is 38.0. The molecule has 1 aliphatic carbocycles. The molecule has 4 aromatic rings. The number of rotatable bonds is 31. The van der Waals surface area contributed by atoms with Gasteiger partial charge in [-0.2, -0.15) is 0 Å². The number of carbonyl (C=O) groups is 7. The van der Waals surface area contributed by atoms with Crippen molar-refractivity contribution in [3.63, 3.8) is 0 Å². The molecular weight excluding hydrogens is 1020 g/mol. The van der Waals surface area contributed by atoms with Crippen LogP contribution in [0.5, 0.6) is 0 Å². The van der Waals surface area contributed by atoms with Crippen LogP contribution in [-0.2, 0) is 72.1 Å². The van der Waals surface area contributed by atoms with Crippen LogP contribution >= 0.6 is 0 Å². The average molecular weight is 1090 g/mol. The molecule has 21 nitrogen and oxygen atoms in total. The van der Waals surface area contributed by atoms with Crippen LogP contribution in [0, 0.1) is 10.1 Å². The number of fused-ring (bicyclic) bond motifs is 2. The fraction of sp³-hybridized carbons (Fsp3) is 0.466. The molecule has 0 spiro atoms. The van der Waals surface area contributed by atoms with Crippen LogP contribution in [0.2, 0.25) is 0 Å². The molecule has 4 amide bonds. The van der Waals surface area contributed by atoms with Gasteiger partial charge in [0.05, 0.1) is 17.1 Å². The van der Waals surface area contributed by atoms with Crippen LogP contribution in [0.3, 0.4) is 0 Å². The highest BCUT2D eigenvalue weighted by molar-refractivity contribution is 6.16. The van der Waals surface area contributed by atoms with E-state index in [9.17, 15) is 48.8 Å². The number of nitrogens with zero attached hydrogens (tertiary/aromatic N) is 1. The van der Waals surface area contributed by atoms with E-state index in [0.29, 0.717) is 41.8 Å². The summed E-state index contributed by atoms with van der Waals surface area (Å²) in [5, 5.41) is 34.6. The van der Waals surface area contributed by atoms with Gasteiger partial charge in [-0.1, -0.05) is 123 Å². The third-order valence-electron chi connectivity index (χ3n) is 13.7. The molecule has 79 heavy (non-hydrogen) atoms. The van der Waals surface area contributed by atoms with Gasteiger partial charge >= 0.3 is 11.9 Å². The molecule has 0 aromatic heterocycles. The number of aliphatic hydroxyl groups excluding tert-OH is 1. The minimum Gasteiger partial charge on any atom is -0.463 e. The number of aliphatic hydroxyl groups is 1. The Morgan fingerprint density at radius 3 is 2.05 bits per heavy atom. The van der Waals surface area contributed by atoms with Crippen LogP contribution in [0.1, 0.15) is 130 Å². The Bertz CT molecular complexity index is 2730. The molecule has 1 saturated heterocycles. The Morgan fingerprint density at radius 2 is 1.39 bits per heavy atom. The highest BCUT2D eigenvalue weighted by atomic mass is 16.7. The molecule has 7 N–H and O–H groups in total. The molecule has 6 rings (SSSR count). The third kappa shape index (κ3) is 18.2. The highest BCUT2D eigenvalue weighted by Crippen LogP contribution is 2.37. The van der Waals surface area contributed by atoms with Gasteiger partial charge in [0, 0.05) is 55.6 Å². The Balaban J connectivity index is 0.937. The summed E-state index contributed by atoms with van der Waals surface area (Å²) in [6.07, 6.45) is 0.230. The van der Waals surface area contributed by atoms with Gasteiger partial charge in [-0.25, -0.2) is 0 Å². The number of unbranched alkanes of at least 4 members (excludes halogenated alkanes) is 7. The van der Waals surface area contributed by atoms with Crippen molar-refractivity contribution >= 4 is 52.7 Å². The molecule has 1 heterocycles. The first-order valence-electron chi connectivity index (χ1n) is 26.8. The molecule has 1 fully saturated rings. The molecule has 0 saturated carbocycles. The zero-order chi connectivity index (χ0) is 56.8. The first kappa shape index (κ1) is 60.6. The zero-order valence-corrected chi connectivity index (χ0v) is 44.9. The number of anilines is 1. The largest absolute Gasteiger partial charge is 0.463 e. The third-order valence-corrected chi connectivity index (χ3v) is 13.7. The molecule has 0 bridgehead atoms. The summed E-state index contributed by atoms with van der Waals surface area (Å²) in [6.45, 7) is 4.22. The fourth-order valence-electron chi connectivity index (χ4n) is 9.39. The monoisotopic (exact) mass is 1090 g/mol. The number of benzene rings is 4. The van der Waals surface area contributed by atoms with Crippen molar-refractivity contribution in [3.8, 4) is 0 Å². The van der Waals surface area contributed by atoms with Crippen molar-refractivity contribution in [2.24, 2.45) is 5.73 Å². The van der Waals surface area contributed by atoms with E-state index in [0.717, 1.165) is 61.6 Å². The average Bonchev–Trinajstić information content (AvgIpc) is 3.50. The quantitative estimate of drug-likeness (QED) is 0.0133. The topological polar surface area (TPSA) is 303 Å². The number of ketones is 1. The second-order valence-electron chi connectivity index (χ2n) is 19.8. The van der Waals surface area contributed by atoms with Crippen molar-refractivity contribution in [2.75, 3.05) is 18.5 Å². The lowest BCUT2D eigenvalue weighted by atomic mass is 9.83. The molecule has 0 radical (unpaired) electrons. The van der Waals surface area contributed by atoms with E-state index in [1.54, 1.807) is 42.5 Å². The first-order valence-corrected chi connectivity index (χ1v) is 26.8. The number of nitro groups is 1. The van der Waals surface area contributed by atoms with E-state index in [-0.39, 0.29) is 43.9 Å². The Labute approximate surface area is 459 Å². The van der Waals surface area contributed by atoms with Crippen molar-refractivity contribution in [1.82, 2.24) is 16.0 Å². The van der Waals surface area contributed by atoms with E-state index in [4.69, 9.17) is 29.4 Å². The smallest absolute Gasteiger partial charge is 0.306 e. The van der Waals surface area contributed by atoms with Crippen LogP contribution in [0.25, 0.3) is 0 Å². The summed E-state index contributed by atoms with van der Waals surface area (Å²) < 4.78 is 29.3. The maximum atomic E-state index is 13.6. The van der Waals surface area contributed by atoms with Gasteiger partial charge in [0.25, 0.3) is 5.69 Å². The number of ether oxygens (including phenoxy) is 5. The van der Waals surface area contributed by atoms with Gasteiger partial charge < -0.3 is 55.8 Å². The maximum Gasteiger partial charge on any atom is 0.306 e. The number of nitro benzene ring substituents is 1. The standard InChI is InChI=1S/C58H72N6O15/c1-36(56(71)63-45(55(59)70)28-30-49(67)75-33-39-20-12-10-13-21-39)61-57(72)37(2)78-54-51(62-38(3)65)58(77-34-40-22-14-11-15-23-40)79-47(53(54)69)35-76-48(66)26-16-8-6-4-5-7-9-19-31-60-44-27-29-46(64(73)74)43-32-41-24-17-18-25-42(41)52(68)50(43)44/h10-15,17-18,20-25,27,29,36-37,45,47,51,53-54,58,60,69H,4-9,16,19,26,28,30-35H2,1-3H3,(H2,59,70)(H,61,72)(H,62,65)(H,63,71)/t36-,37?,45+,47+,51+,53+,54+,58+/m0/s1. The zero-order valence-electron chi connectivity index (χ0n) is 44.9. The maximum absolute atomic E-state index is 13.6. The number of hydrogen-bond donors (Lipinski definition) is 6. The fourth-order valence-corrected chi connectivity index (χ4v) is 9.39. The van der Waals surface area contributed by atoms with Crippen LogP contribution < -0.4 is 27.0 Å². The van der Waals surface area contributed by atoms with Gasteiger partial charge in [-0.05, 0) is 55.9 Å². The lowest BCUT2D eigenvalue weighted by Gasteiger charge is -2.45. The second kappa shape index (κ2) is 30.5. The van der Waals surface area contributed by atoms with Crippen LogP contribution in [-0.4, -0.2) is 113 Å². The summed E-state index contributed by atoms with van der Waals surface area (Å²) >= 11 is 0. The Morgan fingerprint density at radius 1 is 0.772 bits per heavy atom.